The predicted octanol–water partition coefficient (Wildman–Crippen LogP) is 6.42. The molecular formula is C22H19ClFNO2S. The van der Waals surface area contributed by atoms with E-state index in [0.717, 1.165) is 57.8 Å². The summed E-state index contributed by atoms with van der Waals surface area (Å²) in [4.78, 5) is 13.6. The summed E-state index contributed by atoms with van der Waals surface area (Å²) in [6.45, 7) is 0.735. The molecule has 0 spiro atoms. The first-order chi connectivity index (χ1) is 13.5. The van der Waals surface area contributed by atoms with E-state index < -0.39 is 5.97 Å². The highest BCUT2D eigenvalue weighted by Crippen LogP contribution is 2.52. The van der Waals surface area contributed by atoms with Gasteiger partial charge in [-0.1, -0.05) is 23.4 Å². The van der Waals surface area contributed by atoms with E-state index in [2.05, 4.69) is 4.57 Å². The van der Waals surface area contributed by atoms with Crippen LogP contribution < -0.4 is 0 Å². The maximum absolute atomic E-state index is 14.4. The van der Waals surface area contributed by atoms with Gasteiger partial charge in [0.25, 0.3) is 0 Å². The zero-order valence-corrected chi connectivity index (χ0v) is 16.7. The van der Waals surface area contributed by atoms with Crippen molar-refractivity contribution in [1.82, 2.24) is 4.57 Å². The summed E-state index contributed by atoms with van der Waals surface area (Å²) in [5, 5.41) is 11.2. The molecule has 0 amide bonds. The van der Waals surface area contributed by atoms with E-state index in [-0.39, 0.29) is 18.2 Å². The van der Waals surface area contributed by atoms with Crippen molar-refractivity contribution in [2.75, 3.05) is 0 Å². The molecule has 1 fully saturated rings. The fourth-order valence-electron chi connectivity index (χ4n) is 4.37. The van der Waals surface area contributed by atoms with E-state index in [1.165, 1.54) is 0 Å². The number of aromatic nitrogens is 1. The Labute approximate surface area is 171 Å². The first-order valence-electron chi connectivity index (χ1n) is 9.52. The summed E-state index contributed by atoms with van der Waals surface area (Å²) in [5.74, 6) is -0.641. The number of carboxylic acids is 1. The van der Waals surface area contributed by atoms with Crippen LogP contribution in [-0.4, -0.2) is 15.6 Å². The van der Waals surface area contributed by atoms with Crippen molar-refractivity contribution in [3.05, 3.63) is 58.5 Å². The average Bonchev–Trinajstić information content (AvgIpc) is 3.35. The van der Waals surface area contributed by atoms with Gasteiger partial charge in [0.15, 0.2) is 0 Å². The molecule has 1 saturated carbocycles. The summed E-state index contributed by atoms with van der Waals surface area (Å²) in [5.41, 5.74) is 3.02. The number of aliphatic carboxylic acids is 1. The Bertz CT molecular complexity index is 1090. The van der Waals surface area contributed by atoms with Crippen molar-refractivity contribution in [1.29, 1.82) is 0 Å². The van der Waals surface area contributed by atoms with E-state index in [4.69, 9.17) is 11.6 Å². The van der Waals surface area contributed by atoms with Gasteiger partial charge in [0.1, 0.15) is 5.82 Å². The highest BCUT2D eigenvalue weighted by atomic mass is 35.5. The van der Waals surface area contributed by atoms with Gasteiger partial charge in [-0.3, -0.25) is 4.79 Å². The van der Waals surface area contributed by atoms with Crippen LogP contribution >= 0.6 is 23.4 Å². The van der Waals surface area contributed by atoms with Crippen molar-refractivity contribution in [2.45, 2.75) is 53.9 Å². The van der Waals surface area contributed by atoms with Crippen LogP contribution in [0.1, 0.15) is 48.8 Å². The van der Waals surface area contributed by atoms with E-state index in [0.29, 0.717) is 10.9 Å². The molecular weight excluding hydrogens is 397 g/mol. The van der Waals surface area contributed by atoms with Crippen molar-refractivity contribution in [3.8, 4) is 0 Å². The predicted molar refractivity (Wildman–Crippen MR) is 109 cm³/mol. The lowest BCUT2D eigenvalue weighted by atomic mass is 9.98. The van der Waals surface area contributed by atoms with Gasteiger partial charge in [0.2, 0.25) is 0 Å². The molecule has 5 rings (SSSR count). The van der Waals surface area contributed by atoms with Gasteiger partial charge >= 0.3 is 5.97 Å². The van der Waals surface area contributed by atoms with Gasteiger partial charge in [-0.05, 0) is 67.1 Å². The minimum atomic E-state index is -0.792. The van der Waals surface area contributed by atoms with Crippen molar-refractivity contribution in [3.63, 3.8) is 0 Å². The second-order valence-electron chi connectivity index (χ2n) is 7.67. The maximum atomic E-state index is 14.4. The van der Waals surface area contributed by atoms with Gasteiger partial charge in [0, 0.05) is 38.4 Å². The molecule has 3 nitrogen and oxygen atoms in total. The molecule has 3 aromatic rings. The third-order valence-electron chi connectivity index (χ3n) is 5.71. The third kappa shape index (κ3) is 3.11. The van der Waals surface area contributed by atoms with Crippen LogP contribution in [0.3, 0.4) is 0 Å². The fourth-order valence-corrected chi connectivity index (χ4v) is 5.71. The number of nitrogens with zero attached hydrogens (tertiary/aromatic N) is 1. The summed E-state index contributed by atoms with van der Waals surface area (Å²) >= 11 is 7.67. The zero-order valence-electron chi connectivity index (χ0n) is 15.1. The Morgan fingerprint density at radius 1 is 1.21 bits per heavy atom. The largest absolute Gasteiger partial charge is 0.481 e. The molecule has 0 saturated heterocycles. The van der Waals surface area contributed by atoms with Crippen molar-refractivity contribution in [2.24, 2.45) is 0 Å². The molecule has 28 heavy (non-hydrogen) atoms. The van der Waals surface area contributed by atoms with Crippen LogP contribution in [0.2, 0.25) is 5.02 Å². The van der Waals surface area contributed by atoms with E-state index in [1.54, 1.807) is 23.9 Å². The Hall–Kier alpha value is -1.98. The molecule has 0 bridgehead atoms. The number of benzene rings is 2. The summed E-state index contributed by atoms with van der Waals surface area (Å²) < 4.78 is 16.6. The molecule has 6 heteroatoms. The lowest BCUT2D eigenvalue weighted by Crippen LogP contribution is -2.04. The number of hydrogen-bond acceptors (Lipinski definition) is 2. The first-order valence-corrected chi connectivity index (χ1v) is 10.7. The normalized spacial score (nSPS) is 18.6. The molecule has 1 atom stereocenters. The lowest BCUT2D eigenvalue weighted by Gasteiger charge is -2.12. The Kier molecular flexibility index (Phi) is 4.40. The van der Waals surface area contributed by atoms with Crippen LogP contribution in [0.4, 0.5) is 4.39 Å². The quantitative estimate of drug-likeness (QED) is 0.522. The topological polar surface area (TPSA) is 42.2 Å². The van der Waals surface area contributed by atoms with Gasteiger partial charge in [0.05, 0.1) is 11.9 Å². The number of carbonyl (C=O) groups is 1. The standard InChI is InChI=1S/C22H19ClFNO2S/c23-14-3-5-16(6-4-14)28-22-20-17(12-1-2-12)10-15(24)11-18(20)25-8-7-13(21(22)25)9-19(26)27/h3-6,10-13H,1-2,7-9H2,(H,26,27). The maximum Gasteiger partial charge on any atom is 0.304 e. The van der Waals surface area contributed by atoms with Crippen LogP contribution in [0.5, 0.6) is 0 Å². The number of aryl methyl sites for hydroxylation is 1. The number of rotatable bonds is 5. The number of carboxylic acid groups (broad SMARTS) is 1. The Balaban J connectivity index is 1.73. The highest BCUT2D eigenvalue weighted by molar-refractivity contribution is 7.99. The minimum absolute atomic E-state index is 0.0465. The molecule has 1 unspecified atom stereocenters. The Morgan fingerprint density at radius 2 is 1.96 bits per heavy atom. The summed E-state index contributed by atoms with van der Waals surface area (Å²) in [6, 6.07) is 11.0. The molecule has 1 N–H and O–H groups in total. The third-order valence-corrected chi connectivity index (χ3v) is 7.09. The molecule has 2 aromatic carbocycles. The van der Waals surface area contributed by atoms with Crippen LogP contribution in [0, 0.1) is 5.82 Å². The second-order valence-corrected chi connectivity index (χ2v) is 9.19. The fraction of sp³-hybridized carbons (Fsp3) is 0.318. The molecule has 1 aliphatic carbocycles. The molecule has 1 aromatic heterocycles. The SMILES string of the molecule is O=C(O)CC1CCn2c1c(Sc1ccc(Cl)cc1)c1c(C3CC3)cc(F)cc12. The highest BCUT2D eigenvalue weighted by Gasteiger charge is 2.35. The van der Waals surface area contributed by atoms with Gasteiger partial charge in [-0.15, -0.1) is 0 Å². The minimum Gasteiger partial charge on any atom is -0.481 e. The average molecular weight is 416 g/mol. The van der Waals surface area contributed by atoms with Crippen LogP contribution in [0.25, 0.3) is 10.9 Å². The molecule has 2 aliphatic rings. The second kappa shape index (κ2) is 6.82. The molecule has 0 radical (unpaired) electrons. The van der Waals surface area contributed by atoms with Gasteiger partial charge in [-0.2, -0.15) is 0 Å². The first kappa shape index (κ1) is 18.1. The number of halogens is 2. The summed E-state index contributed by atoms with van der Waals surface area (Å²) in [6.07, 6.45) is 3.05. The smallest absolute Gasteiger partial charge is 0.304 e. The van der Waals surface area contributed by atoms with Crippen molar-refractivity contribution < 1.29 is 14.3 Å². The van der Waals surface area contributed by atoms with Gasteiger partial charge < -0.3 is 9.67 Å². The lowest BCUT2D eigenvalue weighted by molar-refractivity contribution is -0.137. The number of hydrogen-bond donors (Lipinski definition) is 1. The summed E-state index contributed by atoms with van der Waals surface area (Å²) in [7, 11) is 0. The Morgan fingerprint density at radius 3 is 2.64 bits per heavy atom. The number of fused-ring (bicyclic) bond motifs is 3. The van der Waals surface area contributed by atoms with Crippen molar-refractivity contribution >= 4 is 40.2 Å². The zero-order chi connectivity index (χ0) is 19.4. The van der Waals surface area contributed by atoms with Gasteiger partial charge in [-0.25, -0.2) is 4.39 Å². The molecule has 144 valence electrons. The van der Waals surface area contributed by atoms with E-state index >= 15 is 0 Å². The molecule has 2 heterocycles. The monoisotopic (exact) mass is 415 g/mol. The van der Waals surface area contributed by atoms with E-state index in [1.807, 2.05) is 24.3 Å². The van der Waals surface area contributed by atoms with Crippen LogP contribution in [-0.2, 0) is 11.3 Å². The van der Waals surface area contributed by atoms with Crippen LogP contribution in [0.15, 0.2) is 46.2 Å². The molecule has 1 aliphatic heterocycles. The van der Waals surface area contributed by atoms with E-state index in [9.17, 15) is 14.3 Å².